The maximum Gasteiger partial charge on any atom is 0.311 e. The largest absolute Gasteiger partial charge is 0.496 e. The molecular weight excluding hydrogens is 519 g/mol. The van der Waals surface area contributed by atoms with Crippen molar-refractivity contribution < 1.29 is 38.1 Å². The Labute approximate surface area is 235 Å². The van der Waals surface area contributed by atoms with Gasteiger partial charge < -0.3 is 30.0 Å². The minimum Gasteiger partial charge on any atom is -0.496 e. The van der Waals surface area contributed by atoms with E-state index in [1.807, 2.05) is 0 Å². The van der Waals surface area contributed by atoms with Crippen LogP contribution in [0.2, 0.25) is 0 Å². The van der Waals surface area contributed by atoms with Gasteiger partial charge in [-0.1, -0.05) is 20.8 Å². The van der Waals surface area contributed by atoms with Crippen LogP contribution in [0.3, 0.4) is 0 Å². The molecule has 1 aromatic carbocycles. The molecule has 0 radical (unpaired) electrons. The molecule has 4 atom stereocenters. The van der Waals surface area contributed by atoms with Gasteiger partial charge in [-0.05, 0) is 68.3 Å². The summed E-state index contributed by atoms with van der Waals surface area (Å²) in [5.41, 5.74) is -0.902. The number of hydrogen-bond acceptors (Lipinski definition) is 6. The van der Waals surface area contributed by atoms with Gasteiger partial charge in [-0.2, -0.15) is 0 Å². The number of aliphatic carboxylic acids is 1. The molecule has 0 unspecified atom stereocenters. The second-order valence-corrected chi connectivity index (χ2v) is 13.0. The van der Waals surface area contributed by atoms with E-state index in [9.17, 15) is 19.5 Å². The number of carboxylic acid groups (broad SMARTS) is 1. The van der Waals surface area contributed by atoms with Crippen LogP contribution in [0.4, 0.5) is 4.39 Å². The smallest absolute Gasteiger partial charge is 0.311 e. The number of methoxy groups -OCH3 is 2. The second kappa shape index (κ2) is 11.9. The Morgan fingerprint density at radius 3 is 2.33 bits per heavy atom. The SMILES string of the molecule is COC[C@]1(C(=O)O)CC[C@@H](Oc2cc(C(=O)N[C@@H]3[C@H]4CC[C@H](C4)[C@@H]3C(=O)NCC(C)(C)C)c(OC)cc2F)CC1. The Bertz CT molecular complexity index is 1110. The maximum absolute atomic E-state index is 15.0. The number of carboxylic acids is 1. The van der Waals surface area contributed by atoms with Crippen molar-refractivity contribution in [2.75, 3.05) is 27.4 Å². The summed E-state index contributed by atoms with van der Waals surface area (Å²) < 4.78 is 31.5. The third-order valence-corrected chi connectivity index (χ3v) is 8.87. The Kier molecular flexibility index (Phi) is 8.97. The highest BCUT2D eigenvalue weighted by molar-refractivity contribution is 5.98. The molecule has 40 heavy (non-hydrogen) atoms. The normalized spacial score (nSPS) is 29.6. The molecule has 1 aromatic rings. The van der Waals surface area contributed by atoms with Crippen LogP contribution in [-0.4, -0.2) is 62.4 Å². The van der Waals surface area contributed by atoms with Crippen LogP contribution < -0.4 is 20.1 Å². The maximum atomic E-state index is 15.0. The molecule has 3 fully saturated rings. The molecule has 2 amide bonds. The van der Waals surface area contributed by atoms with Crippen molar-refractivity contribution in [1.29, 1.82) is 0 Å². The number of carbonyl (C=O) groups is 3. The van der Waals surface area contributed by atoms with Crippen molar-refractivity contribution in [3.8, 4) is 11.5 Å². The van der Waals surface area contributed by atoms with Gasteiger partial charge in [-0.3, -0.25) is 14.4 Å². The van der Waals surface area contributed by atoms with E-state index in [2.05, 4.69) is 31.4 Å². The summed E-state index contributed by atoms with van der Waals surface area (Å²) in [7, 11) is 2.85. The molecule has 3 aliphatic carbocycles. The fourth-order valence-electron chi connectivity index (χ4n) is 6.68. The molecule has 3 N–H and O–H groups in total. The van der Waals surface area contributed by atoms with Crippen LogP contribution in [0.15, 0.2) is 12.1 Å². The summed E-state index contributed by atoms with van der Waals surface area (Å²) in [6.07, 6.45) is 3.94. The lowest BCUT2D eigenvalue weighted by Crippen LogP contribution is -2.50. The first-order chi connectivity index (χ1) is 18.9. The van der Waals surface area contributed by atoms with Crippen molar-refractivity contribution in [1.82, 2.24) is 10.6 Å². The monoisotopic (exact) mass is 562 g/mol. The van der Waals surface area contributed by atoms with Crippen molar-refractivity contribution >= 4 is 17.8 Å². The summed E-state index contributed by atoms with van der Waals surface area (Å²) in [4.78, 5) is 38.6. The predicted molar refractivity (Wildman–Crippen MR) is 146 cm³/mol. The van der Waals surface area contributed by atoms with Gasteiger partial charge in [0, 0.05) is 25.8 Å². The molecule has 0 aliphatic heterocycles. The minimum absolute atomic E-state index is 0.0364. The topological polar surface area (TPSA) is 123 Å². The van der Waals surface area contributed by atoms with Crippen molar-refractivity contribution in [2.45, 2.75) is 77.9 Å². The molecular formula is C30H43FN2O7. The third-order valence-electron chi connectivity index (χ3n) is 8.87. The van der Waals surface area contributed by atoms with Crippen LogP contribution >= 0.6 is 0 Å². The highest BCUT2D eigenvalue weighted by atomic mass is 19.1. The number of ether oxygens (including phenoxy) is 3. The van der Waals surface area contributed by atoms with Gasteiger partial charge in [0.25, 0.3) is 5.91 Å². The molecule has 10 heteroatoms. The van der Waals surface area contributed by atoms with E-state index in [1.54, 1.807) is 0 Å². The molecule has 4 rings (SSSR count). The number of benzene rings is 1. The number of carbonyl (C=O) groups excluding carboxylic acids is 2. The summed E-state index contributed by atoms with van der Waals surface area (Å²) in [6, 6.07) is 2.17. The number of amides is 2. The van der Waals surface area contributed by atoms with E-state index >= 15 is 4.39 Å². The molecule has 222 valence electrons. The Hall–Kier alpha value is -2.88. The van der Waals surface area contributed by atoms with Crippen LogP contribution in [0.1, 0.15) is 76.1 Å². The van der Waals surface area contributed by atoms with Gasteiger partial charge in [0.05, 0.1) is 36.7 Å². The molecule has 3 aliphatic rings. The van der Waals surface area contributed by atoms with E-state index in [0.29, 0.717) is 32.2 Å². The molecule has 9 nitrogen and oxygen atoms in total. The van der Waals surface area contributed by atoms with Crippen molar-refractivity contribution in [3.05, 3.63) is 23.5 Å². The van der Waals surface area contributed by atoms with Crippen molar-refractivity contribution in [2.24, 2.45) is 28.6 Å². The highest BCUT2D eigenvalue weighted by Gasteiger charge is 2.51. The summed E-state index contributed by atoms with van der Waals surface area (Å²) in [5, 5.41) is 15.9. The van der Waals surface area contributed by atoms with Crippen LogP contribution in [-0.2, 0) is 14.3 Å². The van der Waals surface area contributed by atoms with Gasteiger partial charge in [-0.25, -0.2) is 4.39 Å². The number of fused-ring (bicyclic) bond motifs is 2. The van der Waals surface area contributed by atoms with Gasteiger partial charge in [0.2, 0.25) is 5.91 Å². The first kappa shape index (κ1) is 30.1. The number of rotatable bonds is 10. The van der Waals surface area contributed by atoms with E-state index in [-0.39, 0.29) is 58.8 Å². The zero-order valence-corrected chi connectivity index (χ0v) is 24.2. The quantitative estimate of drug-likeness (QED) is 0.391. The van der Waals surface area contributed by atoms with Crippen LogP contribution in [0.25, 0.3) is 0 Å². The first-order valence-corrected chi connectivity index (χ1v) is 14.2. The van der Waals surface area contributed by atoms with Gasteiger partial charge in [-0.15, -0.1) is 0 Å². The standard InChI is InChI=1S/C30H43FN2O7/c1-29(2,3)15-32-27(35)24-17-6-7-18(12-17)25(24)33-26(34)20-13-23(21(31)14-22(20)39-5)40-19-8-10-30(11-9-19,16-38-4)28(36)37/h13-14,17-19,24-25H,6-12,15-16H2,1-5H3,(H,32,35)(H,33,34)(H,36,37)/t17-,18+,19-,24+,25-,30+/m1/s1. The van der Waals surface area contributed by atoms with Crippen LogP contribution in [0, 0.1) is 34.4 Å². The van der Waals surface area contributed by atoms with Crippen molar-refractivity contribution in [3.63, 3.8) is 0 Å². The summed E-state index contributed by atoms with van der Waals surface area (Å²) in [6.45, 7) is 6.83. The van der Waals surface area contributed by atoms with Gasteiger partial charge in [0.15, 0.2) is 11.6 Å². The molecule has 0 spiro atoms. The van der Waals surface area contributed by atoms with Gasteiger partial charge >= 0.3 is 5.97 Å². The van der Waals surface area contributed by atoms with Gasteiger partial charge in [0.1, 0.15) is 5.75 Å². The first-order valence-electron chi connectivity index (χ1n) is 14.2. The fraction of sp³-hybridized carbons (Fsp3) is 0.700. The lowest BCUT2D eigenvalue weighted by Gasteiger charge is -2.36. The zero-order valence-electron chi connectivity index (χ0n) is 24.2. The lowest BCUT2D eigenvalue weighted by atomic mass is 9.73. The molecule has 0 heterocycles. The average Bonchev–Trinajstić information content (AvgIpc) is 3.51. The Morgan fingerprint density at radius 2 is 1.73 bits per heavy atom. The molecule has 0 aromatic heterocycles. The lowest BCUT2D eigenvalue weighted by molar-refractivity contribution is -0.156. The molecule has 2 bridgehead atoms. The molecule has 0 saturated heterocycles. The third kappa shape index (κ3) is 6.37. The fourth-order valence-corrected chi connectivity index (χ4v) is 6.68. The Morgan fingerprint density at radius 1 is 1.05 bits per heavy atom. The number of nitrogens with one attached hydrogen (secondary N) is 2. The van der Waals surface area contributed by atoms with E-state index < -0.39 is 29.2 Å². The Balaban J connectivity index is 1.48. The second-order valence-electron chi connectivity index (χ2n) is 13.0. The van der Waals surface area contributed by atoms with E-state index in [4.69, 9.17) is 14.2 Å². The summed E-state index contributed by atoms with van der Waals surface area (Å²) >= 11 is 0. The molecule has 3 saturated carbocycles. The number of halogens is 1. The number of hydrogen-bond donors (Lipinski definition) is 3. The van der Waals surface area contributed by atoms with E-state index in [1.165, 1.54) is 20.3 Å². The van der Waals surface area contributed by atoms with E-state index in [0.717, 1.165) is 25.3 Å². The zero-order chi connectivity index (χ0) is 29.2. The average molecular weight is 563 g/mol. The minimum atomic E-state index is -0.978. The summed E-state index contributed by atoms with van der Waals surface area (Å²) in [5.74, 6) is -1.93. The van der Waals surface area contributed by atoms with Crippen LogP contribution in [0.5, 0.6) is 11.5 Å². The highest BCUT2D eigenvalue weighted by Crippen LogP contribution is 2.49. The predicted octanol–water partition coefficient (Wildman–Crippen LogP) is 4.18.